The molecular weight excluding hydrogens is 234 g/mol. The molecule has 0 saturated carbocycles. The van der Waals surface area contributed by atoms with Gasteiger partial charge < -0.3 is 4.74 Å². The van der Waals surface area contributed by atoms with Gasteiger partial charge in [-0.3, -0.25) is 4.98 Å². The van der Waals surface area contributed by atoms with E-state index in [9.17, 15) is 0 Å². The molecule has 2 heteroatoms. The molecular formula is C17H19NO. The lowest BCUT2D eigenvalue weighted by Crippen LogP contribution is -1.89. The molecule has 1 aromatic carbocycles. The van der Waals surface area contributed by atoms with Crippen LogP contribution in [0.3, 0.4) is 0 Å². The Morgan fingerprint density at radius 2 is 2.00 bits per heavy atom. The minimum Gasteiger partial charge on any atom is -0.496 e. The highest BCUT2D eigenvalue weighted by Crippen LogP contribution is 2.27. The molecule has 0 bridgehead atoms. The molecule has 0 fully saturated rings. The van der Waals surface area contributed by atoms with E-state index in [-0.39, 0.29) is 0 Å². The summed E-state index contributed by atoms with van der Waals surface area (Å²) in [5.41, 5.74) is 3.09. The van der Waals surface area contributed by atoms with Gasteiger partial charge in [0.1, 0.15) is 5.75 Å². The molecule has 2 aromatic rings. The highest BCUT2D eigenvalue weighted by Gasteiger charge is 2.05. The largest absolute Gasteiger partial charge is 0.496 e. The molecule has 2 rings (SSSR count). The zero-order valence-electron chi connectivity index (χ0n) is 11.5. The Morgan fingerprint density at radius 3 is 2.68 bits per heavy atom. The Hall–Kier alpha value is -2.09. The van der Waals surface area contributed by atoms with Crippen LogP contribution in [0.4, 0.5) is 0 Å². The third-order valence-electron chi connectivity index (χ3n) is 2.93. The summed E-state index contributed by atoms with van der Waals surface area (Å²) in [5.74, 6) is 0.851. The van der Waals surface area contributed by atoms with Crippen LogP contribution in [0, 0.1) is 0 Å². The summed E-state index contributed by atoms with van der Waals surface area (Å²) < 4.78 is 5.36. The molecule has 19 heavy (non-hydrogen) atoms. The van der Waals surface area contributed by atoms with Crippen LogP contribution in [0.25, 0.3) is 17.3 Å². The van der Waals surface area contributed by atoms with Gasteiger partial charge in [-0.15, -0.1) is 0 Å². The molecule has 0 spiro atoms. The number of hydrogen-bond acceptors (Lipinski definition) is 2. The van der Waals surface area contributed by atoms with Crippen molar-refractivity contribution < 1.29 is 4.74 Å². The maximum atomic E-state index is 5.36. The Bertz CT molecular complexity index is 543. The highest BCUT2D eigenvalue weighted by molar-refractivity contribution is 5.67. The number of allylic oxidation sites excluding steroid dienone is 1. The van der Waals surface area contributed by atoms with Gasteiger partial charge in [0.05, 0.1) is 12.8 Å². The van der Waals surface area contributed by atoms with Gasteiger partial charge in [0.2, 0.25) is 0 Å². The average Bonchev–Trinajstić information content (AvgIpc) is 2.48. The van der Waals surface area contributed by atoms with Crippen molar-refractivity contribution in [2.75, 3.05) is 7.11 Å². The molecule has 1 aromatic heterocycles. The predicted octanol–water partition coefficient (Wildman–Crippen LogP) is 4.57. The van der Waals surface area contributed by atoms with E-state index in [1.165, 1.54) is 6.42 Å². The molecule has 1 heterocycles. The Morgan fingerprint density at radius 1 is 1.16 bits per heavy atom. The van der Waals surface area contributed by atoms with Crippen molar-refractivity contribution >= 4 is 6.08 Å². The Balaban J connectivity index is 2.22. The summed E-state index contributed by atoms with van der Waals surface area (Å²) in [7, 11) is 1.68. The smallest absolute Gasteiger partial charge is 0.128 e. The molecule has 0 aliphatic heterocycles. The van der Waals surface area contributed by atoms with Crippen LogP contribution in [0.1, 0.15) is 25.3 Å². The molecule has 0 N–H and O–H groups in total. The van der Waals surface area contributed by atoms with Crippen molar-refractivity contribution in [3.63, 3.8) is 0 Å². The van der Waals surface area contributed by atoms with Crippen LogP contribution in [0.2, 0.25) is 0 Å². The van der Waals surface area contributed by atoms with Crippen LogP contribution >= 0.6 is 0 Å². The maximum absolute atomic E-state index is 5.36. The second kappa shape index (κ2) is 6.74. The molecule has 0 aliphatic carbocycles. The number of hydrogen-bond donors (Lipinski definition) is 0. The van der Waals surface area contributed by atoms with E-state index in [2.05, 4.69) is 30.1 Å². The number of ether oxygens (including phenoxy) is 1. The van der Waals surface area contributed by atoms with Crippen LogP contribution in [-0.4, -0.2) is 12.1 Å². The second-order valence-corrected chi connectivity index (χ2v) is 4.37. The normalized spacial score (nSPS) is 10.8. The average molecular weight is 253 g/mol. The maximum Gasteiger partial charge on any atom is 0.128 e. The molecule has 0 saturated heterocycles. The van der Waals surface area contributed by atoms with Crippen LogP contribution in [0.5, 0.6) is 5.75 Å². The summed E-state index contributed by atoms with van der Waals surface area (Å²) in [6, 6.07) is 12.0. The van der Waals surface area contributed by atoms with Gasteiger partial charge in [-0.1, -0.05) is 43.7 Å². The Labute approximate surface area is 114 Å². The standard InChI is InChI=1S/C17H19NO/c1-3-4-5-8-14-11-12-16(18-13-14)15-9-6-7-10-17(15)19-2/h5-13H,3-4H2,1-2H3. The van der Waals surface area contributed by atoms with Gasteiger partial charge in [0, 0.05) is 11.8 Å². The Kier molecular flexibility index (Phi) is 4.73. The van der Waals surface area contributed by atoms with Crippen molar-refractivity contribution in [2.45, 2.75) is 19.8 Å². The molecule has 0 radical (unpaired) electrons. The first-order chi connectivity index (χ1) is 9.35. The summed E-state index contributed by atoms with van der Waals surface area (Å²) >= 11 is 0. The number of pyridine rings is 1. The number of nitrogens with zero attached hydrogens (tertiary/aromatic N) is 1. The van der Waals surface area contributed by atoms with Gasteiger partial charge >= 0.3 is 0 Å². The number of rotatable bonds is 5. The predicted molar refractivity (Wildman–Crippen MR) is 80.2 cm³/mol. The first kappa shape index (κ1) is 13.3. The lowest BCUT2D eigenvalue weighted by molar-refractivity contribution is 0.416. The van der Waals surface area contributed by atoms with E-state index in [0.717, 1.165) is 29.0 Å². The third kappa shape index (κ3) is 3.44. The first-order valence-electron chi connectivity index (χ1n) is 6.61. The van der Waals surface area contributed by atoms with E-state index >= 15 is 0 Å². The lowest BCUT2D eigenvalue weighted by Gasteiger charge is -2.07. The lowest BCUT2D eigenvalue weighted by atomic mass is 10.1. The fraction of sp³-hybridized carbons (Fsp3) is 0.235. The van der Waals surface area contributed by atoms with E-state index in [1.54, 1.807) is 7.11 Å². The molecule has 0 amide bonds. The van der Waals surface area contributed by atoms with E-state index in [1.807, 2.05) is 36.5 Å². The van der Waals surface area contributed by atoms with Crippen molar-refractivity contribution in [3.05, 3.63) is 54.2 Å². The number of aromatic nitrogens is 1. The van der Waals surface area contributed by atoms with Gasteiger partial charge in [0.15, 0.2) is 0 Å². The summed E-state index contributed by atoms with van der Waals surface area (Å²) in [6.45, 7) is 2.17. The molecule has 0 aliphatic rings. The monoisotopic (exact) mass is 253 g/mol. The SMILES string of the molecule is CCCC=Cc1ccc(-c2ccccc2OC)nc1. The summed E-state index contributed by atoms with van der Waals surface area (Å²) in [4.78, 5) is 4.51. The van der Waals surface area contributed by atoms with Crippen LogP contribution in [-0.2, 0) is 0 Å². The van der Waals surface area contributed by atoms with Crippen LogP contribution < -0.4 is 4.74 Å². The van der Waals surface area contributed by atoms with E-state index in [0.29, 0.717) is 0 Å². The fourth-order valence-electron chi connectivity index (χ4n) is 1.91. The number of unbranched alkanes of at least 4 members (excludes halogenated alkanes) is 1. The zero-order chi connectivity index (χ0) is 13.5. The summed E-state index contributed by atoms with van der Waals surface area (Å²) in [6.07, 6.45) is 8.47. The van der Waals surface area contributed by atoms with Gasteiger partial charge in [-0.25, -0.2) is 0 Å². The zero-order valence-corrected chi connectivity index (χ0v) is 11.5. The topological polar surface area (TPSA) is 22.1 Å². The first-order valence-corrected chi connectivity index (χ1v) is 6.61. The van der Waals surface area contributed by atoms with Crippen molar-refractivity contribution in [1.82, 2.24) is 4.98 Å². The molecule has 0 atom stereocenters. The number of benzene rings is 1. The quantitative estimate of drug-likeness (QED) is 0.778. The minimum atomic E-state index is 0.851. The van der Waals surface area contributed by atoms with E-state index in [4.69, 9.17) is 4.74 Å². The second-order valence-electron chi connectivity index (χ2n) is 4.37. The minimum absolute atomic E-state index is 0.851. The van der Waals surface area contributed by atoms with Crippen molar-refractivity contribution in [2.24, 2.45) is 0 Å². The molecule has 2 nitrogen and oxygen atoms in total. The third-order valence-corrected chi connectivity index (χ3v) is 2.93. The van der Waals surface area contributed by atoms with Gasteiger partial charge in [-0.05, 0) is 30.2 Å². The highest BCUT2D eigenvalue weighted by atomic mass is 16.5. The van der Waals surface area contributed by atoms with E-state index < -0.39 is 0 Å². The molecule has 98 valence electrons. The van der Waals surface area contributed by atoms with Crippen molar-refractivity contribution in [1.29, 1.82) is 0 Å². The number of para-hydroxylation sites is 1. The molecule has 0 unspecified atom stereocenters. The van der Waals surface area contributed by atoms with Crippen LogP contribution in [0.15, 0.2) is 48.7 Å². The number of methoxy groups -OCH3 is 1. The fourth-order valence-corrected chi connectivity index (χ4v) is 1.91. The van der Waals surface area contributed by atoms with Gasteiger partial charge in [0.25, 0.3) is 0 Å². The van der Waals surface area contributed by atoms with Crippen molar-refractivity contribution in [3.8, 4) is 17.0 Å². The summed E-state index contributed by atoms with van der Waals surface area (Å²) in [5, 5.41) is 0. The van der Waals surface area contributed by atoms with Gasteiger partial charge in [-0.2, -0.15) is 0 Å².